The quantitative estimate of drug-likeness (QED) is 0.557. The van der Waals surface area contributed by atoms with E-state index >= 15 is 0 Å². The number of aromatic amines is 1. The molecular weight excluding hydrogens is 378 g/mol. The van der Waals surface area contributed by atoms with Crippen molar-refractivity contribution in [2.45, 2.75) is 13.8 Å². The van der Waals surface area contributed by atoms with E-state index < -0.39 is 0 Å². The Morgan fingerprint density at radius 2 is 1.82 bits per heavy atom. The van der Waals surface area contributed by atoms with E-state index in [1.807, 2.05) is 26.0 Å². The van der Waals surface area contributed by atoms with Crippen LogP contribution in [0, 0.1) is 13.8 Å². The van der Waals surface area contributed by atoms with Crippen LogP contribution >= 0.6 is 11.6 Å². The van der Waals surface area contributed by atoms with Gasteiger partial charge in [0.05, 0.1) is 47.0 Å². The second-order valence-electron chi connectivity index (χ2n) is 6.79. The number of nitrogens with one attached hydrogen (secondary N) is 1. The SMILES string of the molecule is Cc1nc2n[nH]c(-c3ccc4ncc(N5CCOCC5)nc4c3Cl)c2nc1C. The Hall–Kier alpha value is -2.84. The van der Waals surface area contributed by atoms with Crippen LogP contribution in [0.4, 0.5) is 5.82 Å². The molecule has 142 valence electrons. The summed E-state index contributed by atoms with van der Waals surface area (Å²) in [6.07, 6.45) is 1.78. The zero-order chi connectivity index (χ0) is 19.3. The Morgan fingerprint density at radius 3 is 2.64 bits per heavy atom. The molecule has 9 heteroatoms. The summed E-state index contributed by atoms with van der Waals surface area (Å²) in [5.41, 5.74) is 5.90. The molecule has 1 aliphatic heterocycles. The van der Waals surface area contributed by atoms with Gasteiger partial charge in [0.2, 0.25) is 5.65 Å². The molecule has 28 heavy (non-hydrogen) atoms. The third-order valence-electron chi connectivity index (χ3n) is 5.04. The van der Waals surface area contributed by atoms with E-state index in [0.717, 1.165) is 47.1 Å². The predicted molar refractivity (Wildman–Crippen MR) is 108 cm³/mol. The summed E-state index contributed by atoms with van der Waals surface area (Å²) in [4.78, 5) is 20.6. The zero-order valence-electron chi connectivity index (χ0n) is 15.5. The number of ether oxygens (including phenoxy) is 1. The molecule has 0 aliphatic carbocycles. The number of aryl methyl sites for hydroxylation is 2. The Morgan fingerprint density at radius 1 is 1.04 bits per heavy atom. The van der Waals surface area contributed by atoms with Gasteiger partial charge in [0.1, 0.15) is 16.9 Å². The molecule has 0 radical (unpaired) electrons. The molecule has 0 bridgehead atoms. The van der Waals surface area contributed by atoms with Crippen LogP contribution in [-0.2, 0) is 4.74 Å². The summed E-state index contributed by atoms with van der Waals surface area (Å²) < 4.78 is 5.42. The van der Waals surface area contributed by atoms with Crippen molar-refractivity contribution in [3.63, 3.8) is 0 Å². The highest BCUT2D eigenvalue weighted by Gasteiger charge is 2.19. The van der Waals surface area contributed by atoms with Gasteiger partial charge in [-0.05, 0) is 26.0 Å². The van der Waals surface area contributed by atoms with Crippen molar-refractivity contribution in [1.29, 1.82) is 0 Å². The summed E-state index contributed by atoms with van der Waals surface area (Å²) in [5.74, 6) is 0.801. The van der Waals surface area contributed by atoms with Crippen LogP contribution in [0.25, 0.3) is 33.5 Å². The minimum absolute atomic E-state index is 0.519. The largest absolute Gasteiger partial charge is 0.378 e. The minimum Gasteiger partial charge on any atom is -0.378 e. The standard InChI is InChI=1S/C19H18ClN7O/c1-10-11(2)23-19-18(22-10)16(25-26-19)12-3-4-13-17(15(12)20)24-14(9-21-13)27-5-7-28-8-6-27/h3-4,9H,5-8H2,1-2H3,(H,23,25,26). The zero-order valence-corrected chi connectivity index (χ0v) is 16.3. The highest BCUT2D eigenvalue weighted by atomic mass is 35.5. The lowest BCUT2D eigenvalue weighted by Crippen LogP contribution is -2.36. The van der Waals surface area contributed by atoms with E-state index in [0.29, 0.717) is 34.9 Å². The first-order chi connectivity index (χ1) is 13.6. The number of benzene rings is 1. The van der Waals surface area contributed by atoms with Gasteiger partial charge in [0.25, 0.3) is 0 Å². The molecular formula is C19H18ClN7O. The molecule has 0 unspecified atom stereocenters. The third kappa shape index (κ3) is 2.76. The maximum absolute atomic E-state index is 6.77. The van der Waals surface area contributed by atoms with Crippen LogP contribution in [0.5, 0.6) is 0 Å². The van der Waals surface area contributed by atoms with Crippen molar-refractivity contribution < 1.29 is 4.74 Å². The number of aromatic nitrogens is 6. The van der Waals surface area contributed by atoms with Gasteiger partial charge < -0.3 is 9.64 Å². The number of rotatable bonds is 2. The minimum atomic E-state index is 0.519. The second-order valence-corrected chi connectivity index (χ2v) is 7.17. The molecule has 1 aromatic carbocycles. The molecule has 0 spiro atoms. The molecule has 1 fully saturated rings. The van der Waals surface area contributed by atoms with Crippen LogP contribution in [0.2, 0.25) is 5.02 Å². The van der Waals surface area contributed by atoms with Crippen LogP contribution in [-0.4, -0.2) is 56.4 Å². The predicted octanol–water partition coefficient (Wildman–Crippen LogP) is 3.07. The van der Waals surface area contributed by atoms with Gasteiger partial charge in [-0.2, -0.15) is 5.10 Å². The van der Waals surface area contributed by atoms with Crippen molar-refractivity contribution in [2.75, 3.05) is 31.2 Å². The average molecular weight is 396 g/mol. The topological polar surface area (TPSA) is 92.7 Å². The van der Waals surface area contributed by atoms with Crippen molar-refractivity contribution in [1.82, 2.24) is 30.1 Å². The van der Waals surface area contributed by atoms with E-state index in [1.165, 1.54) is 0 Å². The van der Waals surface area contributed by atoms with Gasteiger partial charge >= 0.3 is 0 Å². The monoisotopic (exact) mass is 395 g/mol. The Bertz CT molecular complexity index is 1200. The first-order valence-corrected chi connectivity index (χ1v) is 9.47. The molecule has 1 saturated heterocycles. The molecule has 4 heterocycles. The number of anilines is 1. The molecule has 0 amide bonds. The normalized spacial score (nSPS) is 14.9. The van der Waals surface area contributed by atoms with E-state index in [4.69, 9.17) is 21.3 Å². The summed E-state index contributed by atoms with van der Waals surface area (Å²) in [6, 6.07) is 3.82. The highest BCUT2D eigenvalue weighted by molar-refractivity contribution is 6.38. The molecule has 0 atom stereocenters. The molecule has 5 rings (SSSR count). The number of morpholine rings is 1. The van der Waals surface area contributed by atoms with Crippen molar-refractivity contribution in [2.24, 2.45) is 0 Å². The van der Waals surface area contributed by atoms with Gasteiger partial charge in [0.15, 0.2) is 0 Å². The Kier molecular flexibility index (Phi) is 4.10. The molecule has 8 nitrogen and oxygen atoms in total. The first kappa shape index (κ1) is 17.3. The van der Waals surface area contributed by atoms with Crippen LogP contribution in [0.15, 0.2) is 18.3 Å². The van der Waals surface area contributed by atoms with Gasteiger partial charge in [0, 0.05) is 18.7 Å². The molecule has 4 aromatic rings. The van der Waals surface area contributed by atoms with Crippen molar-refractivity contribution in [3.05, 3.63) is 34.7 Å². The Balaban J connectivity index is 1.66. The van der Waals surface area contributed by atoms with Crippen molar-refractivity contribution in [3.8, 4) is 11.3 Å². The first-order valence-electron chi connectivity index (χ1n) is 9.09. The van der Waals surface area contributed by atoms with E-state index in [-0.39, 0.29) is 0 Å². The number of H-pyrrole nitrogens is 1. The van der Waals surface area contributed by atoms with Gasteiger partial charge in [-0.1, -0.05) is 11.6 Å². The molecule has 1 N–H and O–H groups in total. The summed E-state index contributed by atoms with van der Waals surface area (Å²) in [6.45, 7) is 6.80. The number of hydrogen-bond donors (Lipinski definition) is 1. The van der Waals surface area contributed by atoms with Gasteiger partial charge in [-0.3, -0.25) is 10.1 Å². The van der Waals surface area contributed by atoms with E-state index in [2.05, 4.69) is 30.0 Å². The lowest BCUT2D eigenvalue weighted by Gasteiger charge is -2.27. The molecule has 1 aliphatic rings. The number of fused-ring (bicyclic) bond motifs is 2. The summed E-state index contributed by atoms with van der Waals surface area (Å²) in [5, 5.41) is 7.85. The highest BCUT2D eigenvalue weighted by Crippen LogP contribution is 2.35. The fourth-order valence-electron chi connectivity index (χ4n) is 3.36. The number of hydrogen-bond acceptors (Lipinski definition) is 7. The summed E-state index contributed by atoms with van der Waals surface area (Å²) >= 11 is 6.77. The maximum atomic E-state index is 6.77. The number of nitrogens with zero attached hydrogens (tertiary/aromatic N) is 6. The van der Waals surface area contributed by atoms with Crippen LogP contribution < -0.4 is 4.90 Å². The number of halogens is 1. The third-order valence-corrected chi connectivity index (χ3v) is 5.43. The summed E-state index contributed by atoms with van der Waals surface area (Å²) in [7, 11) is 0. The van der Waals surface area contributed by atoms with Gasteiger partial charge in [-0.25, -0.2) is 15.0 Å². The Labute approximate surface area is 165 Å². The lowest BCUT2D eigenvalue weighted by molar-refractivity contribution is 0.122. The van der Waals surface area contributed by atoms with Crippen LogP contribution in [0.3, 0.4) is 0 Å². The van der Waals surface area contributed by atoms with E-state index in [9.17, 15) is 0 Å². The fourth-order valence-corrected chi connectivity index (χ4v) is 3.66. The maximum Gasteiger partial charge on any atom is 0.200 e. The molecule has 3 aromatic heterocycles. The average Bonchev–Trinajstić information content (AvgIpc) is 3.11. The van der Waals surface area contributed by atoms with Crippen molar-refractivity contribution >= 4 is 39.6 Å². The van der Waals surface area contributed by atoms with E-state index in [1.54, 1.807) is 6.20 Å². The smallest absolute Gasteiger partial charge is 0.200 e. The van der Waals surface area contributed by atoms with Gasteiger partial charge in [-0.15, -0.1) is 0 Å². The fraction of sp³-hybridized carbons (Fsp3) is 0.316. The van der Waals surface area contributed by atoms with Crippen LogP contribution in [0.1, 0.15) is 11.4 Å². The molecule has 0 saturated carbocycles. The second kappa shape index (κ2) is 6.65. The lowest BCUT2D eigenvalue weighted by atomic mass is 10.1.